The summed E-state index contributed by atoms with van der Waals surface area (Å²) in [4.78, 5) is 14.8. The van der Waals surface area contributed by atoms with E-state index >= 15 is 0 Å². The van der Waals surface area contributed by atoms with Crippen LogP contribution in [0, 0.1) is 0 Å². The van der Waals surface area contributed by atoms with Crippen LogP contribution < -0.4 is 5.32 Å². The number of nitrogens with zero attached hydrogens (tertiary/aromatic N) is 2. The van der Waals surface area contributed by atoms with Gasteiger partial charge in [-0.2, -0.15) is 4.31 Å². The summed E-state index contributed by atoms with van der Waals surface area (Å²) in [7, 11) is -1.45. The molecule has 1 saturated carbocycles. The molecule has 2 fully saturated rings. The summed E-state index contributed by atoms with van der Waals surface area (Å²) in [6.07, 6.45) is 10.1. The Morgan fingerprint density at radius 1 is 1.00 bits per heavy atom. The number of nitrogens with one attached hydrogen (secondary N) is 1. The van der Waals surface area contributed by atoms with Crippen molar-refractivity contribution in [2.75, 3.05) is 32.0 Å². The Morgan fingerprint density at radius 2 is 1.57 bits per heavy atom. The van der Waals surface area contributed by atoms with Crippen molar-refractivity contribution in [3.63, 3.8) is 0 Å². The highest BCUT2D eigenvalue weighted by Gasteiger charge is 2.25. The van der Waals surface area contributed by atoms with Gasteiger partial charge in [0.05, 0.1) is 11.4 Å². The van der Waals surface area contributed by atoms with Gasteiger partial charge in [0.25, 0.3) is 0 Å². The molecule has 1 amide bonds. The fourth-order valence-corrected chi connectivity index (χ4v) is 5.74. The Balaban J connectivity index is 1.56. The van der Waals surface area contributed by atoms with Crippen molar-refractivity contribution >= 4 is 21.6 Å². The number of hydrogen-bond acceptors (Lipinski definition) is 4. The number of hydrogen-bond donors (Lipinski definition) is 1. The Morgan fingerprint density at radius 3 is 2.18 bits per heavy atom. The van der Waals surface area contributed by atoms with Crippen molar-refractivity contribution in [2.24, 2.45) is 0 Å². The lowest BCUT2D eigenvalue weighted by Gasteiger charge is -2.30. The maximum absolute atomic E-state index is 12.8. The Kier molecular flexibility index (Phi) is 7.48. The zero-order chi connectivity index (χ0) is 20.0. The van der Waals surface area contributed by atoms with Gasteiger partial charge >= 0.3 is 0 Å². The third-order valence-electron chi connectivity index (χ3n) is 5.93. The summed E-state index contributed by atoms with van der Waals surface area (Å²) in [6.45, 7) is 1.54. The first kappa shape index (κ1) is 21.3. The molecule has 1 aromatic carbocycles. The van der Waals surface area contributed by atoms with Crippen LogP contribution in [0.5, 0.6) is 0 Å². The number of sulfonamides is 1. The second kappa shape index (κ2) is 9.85. The van der Waals surface area contributed by atoms with Crippen LogP contribution in [0.25, 0.3) is 0 Å². The molecule has 0 radical (unpaired) electrons. The minimum absolute atomic E-state index is 0.0591. The minimum atomic E-state index is -3.45. The summed E-state index contributed by atoms with van der Waals surface area (Å²) < 4.78 is 27.2. The number of likely N-dealkylation sites (N-methyl/N-ethyl adjacent to an activating group) is 1. The Labute approximate surface area is 169 Å². The van der Waals surface area contributed by atoms with Crippen LogP contribution in [-0.2, 0) is 14.8 Å². The van der Waals surface area contributed by atoms with Gasteiger partial charge in [-0.15, -0.1) is 0 Å². The topological polar surface area (TPSA) is 69.7 Å². The molecule has 1 aliphatic heterocycles. The van der Waals surface area contributed by atoms with Crippen molar-refractivity contribution < 1.29 is 13.2 Å². The second-order valence-electron chi connectivity index (χ2n) is 8.10. The highest BCUT2D eigenvalue weighted by molar-refractivity contribution is 7.89. The van der Waals surface area contributed by atoms with E-state index in [1.54, 1.807) is 28.6 Å². The number of benzene rings is 1. The van der Waals surface area contributed by atoms with Gasteiger partial charge in [-0.3, -0.25) is 9.69 Å². The quantitative estimate of drug-likeness (QED) is 0.784. The van der Waals surface area contributed by atoms with E-state index in [0.717, 1.165) is 38.5 Å². The van der Waals surface area contributed by atoms with Crippen molar-refractivity contribution in [1.29, 1.82) is 0 Å². The molecule has 0 spiro atoms. The van der Waals surface area contributed by atoms with E-state index < -0.39 is 10.0 Å². The third-order valence-corrected chi connectivity index (χ3v) is 7.84. The second-order valence-corrected chi connectivity index (χ2v) is 10.0. The number of carbonyl (C=O) groups is 1. The number of carbonyl (C=O) groups excluding carboxylic acids is 1. The van der Waals surface area contributed by atoms with E-state index in [-0.39, 0.29) is 5.91 Å². The Bertz CT molecular complexity index is 735. The molecule has 1 heterocycles. The molecule has 2 aliphatic rings. The lowest BCUT2D eigenvalue weighted by Crippen LogP contribution is -2.39. The predicted molar refractivity (Wildman–Crippen MR) is 112 cm³/mol. The number of rotatable bonds is 6. The van der Waals surface area contributed by atoms with E-state index in [1.165, 1.54) is 19.3 Å². The van der Waals surface area contributed by atoms with Gasteiger partial charge in [-0.1, -0.05) is 32.1 Å². The summed E-state index contributed by atoms with van der Waals surface area (Å²) in [5.74, 6) is -0.0591. The van der Waals surface area contributed by atoms with Gasteiger partial charge < -0.3 is 5.32 Å². The number of amides is 1. The van der Waals surface area contributed by atoms with Gasteiger partial charge in [0.15, 0.2) is 0 Å². The molecule has 3 rings (SSSR count). The summed E-state index contributed by atoms with van der Waals surface area (Å²) in [6, 6.07) is 7.05. The molecule has 1 aliphatic carbocycles. The first-order chi connectivity index (χ1) is 13.5. The molecule has 28 heavy (non-hydrogen) atoms. The SMILES string of the molecule is CN(CC(=O)Nc1ccc(S(=O)(=O)N2CCCCCC2)cc1)C1CCCCC1. The predicted octanol–water partition coefficient (Wildman–Crippen LogP) is 3.45. The summed E-state index contributed by atoms with van der Waals surface area (Å²) in [5, 5.41) is 2.89. The largest absolute Gasteiger partial charge is 0.325 e. The van der Waals surface area contributed by atoms with Crippen molar-refractivity contribution in [3.8, 4) is 0 Å². The maximum Gasteiger partial charge on any atom is 0.243 e. The van der Waals surface area contributed by atoms with Crippen LogP contribution in [0.15, 0.2) is 29.2 Å². The highest BCUT2D eigenvalue weighted by atomic mass is 32.2. The van der Waals surface area contributed by atoms with Gasteiger partial charge in [0, 0.05) is 24.8 Å². The van der Waals surface area contributed by atoms with Crippen molar-refractivity contribution in [1.82, 2.24) is 9.21 Å². The van der Waals surface area contributed by atoms with Gasteiger partial charge in [0.1, 0.15) is 0 Å². The first-order valence-electron chi connectivity index (χ1n) is 10.6. The van der Waals surface area contributed by atoms with E-state index in [9.17, 15) is 13.2 Å². The molecule has 0 aromatic heterocycles. The van der Waals surface area contributed by atoms with Crippen molar-refractivity contribution in [2.45, 2.75) is 68.7 Å². The molecule has 156 valence electrons. The normalized spacial score (nSPS) is 20.1. The molecule has 0 unspecified atom stereocenters. The van der Waals surface area contributed by atoms with E-state index in [2.05, 4.69) is 10.2 Å². The molecule has 6 nitrogen and oxygen atoms in total. The lowest BCUT2D eigenvalue weighted by atomic mass is 9.94. The van der Waals surface area contributed by atoms with E-state index in [0.29, 0.717) is 36.3 Å². The van der Waals surface area contributed by atoms with Gasteiger partial charge in [0.2, 0.25) is 15.9 Å². The van der Waals surface area contributed by atoms with E-state index in [4.69, 9.17) is 0 Å². The zero-order valence-corrected chi connectivity index (χ0v) is 17.7. The monoisotopic (exact) mass is 407 g/mol. The average molecular weight is 408 g/mol. The average Bonchev–Trinajstić information content (AvgIpc) is 2.99. The molecule has 1 aromatic rings. The van der Waals surface area contributed by atoms with Gasteiger partial charge in [-0.05, 0) is 57.0 Å². The Hall–Kier alpha value is -1.44. The zero-order valence-electron chi connectivity index (χ0n) is 16.9. The lowest BCUT2D eigenvalue weighted by molar-refractivity contribution is -0.117. The molecule has 1 N–H and O–H groups in total. The molecule has 0 bridgehead atoms. The van der Waals surface area contributed by atoms with E-state index in [1.807, 2.05) is 7.05 Å². The van der Waals surface area contributed by atoms with Crippen molar-refractivity contribution in [3.05, 3.63) is 24.3 Å². The van der Waals surface area contributed by atoms with Gasteiger partial charge in [-0.25, -0.2) is 8.42 Å². The van der Waals surface area contributed by atoms with Crippen LogP contribution in [0.3, 0.4) is 0 Å². The van der Waals surface area contributed by atoms with Crippen LogP contribution in [-0.4, -0.2) is 56.3 Å². The molecule has 1 saturated heterocycles. The number of anilines is 1. The fraction of sp³-hybridized carbons (Fsp3) is 0.667. The molecular weight excluding hydrogens is 374 g/mol. The highest BCUT2D eigenvalue weighted by Crippen LogP contribution is 2.23. The third kappa shape index (κ3) is 5.55. The van der Waals surface area contributed by atoms with Crippen LogP contribution in [0.2, 0.25) is 0 Å². The maximum atomic E-state index is 12.8. The van der Waals surface area contributed by atoms with Crippen LogP contribution >= 0.6 is 0 Å². The first-order valence-corrected chi connectivity index (χ1v) is 12.0. The summed E-state index contributed by atoms with van der Waals surface area (Å²) in [5.41, 5.74) is 0.636. The molecular formula is C21H33N3O3S. The summed E-state index contributed by atoms with van der Waals surface area (Å²) >= 11 is 0. The van der Waals surface area contributed by atoms with Crippen LogP contribution in [0.1, 0.15) is 57.8 Å². The smallest absolute Gasteiger partial charge is 0.243 e. The standard InChI is InChI=1S/C21H33N3O3S/c1-23(19-9-5-4-6-10-19)17-21(25)22-18-11-13-20(14-12-18)28(26,27)24-15-7-2-3-8-16-24/h11-14,19H,2-10,15-17H2,1H3,(H,22,25). The minimum Gasteiger partial charge on any atom is -0.325 e. The van der Waals surface area contributed by atoms with Crippen LogP contribution in [0.4, 0.5) is 5.69 Å². The fourth-order valence-electron chi connectivity index (χ4n) is 4.22. The molecule has 7 heteroatoms. The molecule has 0 atom stereocenters.